The van der Waals surface area contributed by atoms with E-state index in [0.29, 0.717) is 0 Å². The number of aromatic amines is 1. The molecule has 4 aromatic rings. The first-order valence-electron chi connectivity index (χ1n) is 9.06. The first kappa shape index (κ1) is 18.5. The van der Waals surface area contributed by atoms with Crippen molar-refractivity contribution in [3.05, 3.63) is 65.4 Å². The van der Waals surface area contributed by atoms with Crippen LogP contribution in [0.1, 0.15) is 19.8 Å². The summed E-state index contributed by atoms with van der Waals surface area (Å²) in [5.74, 6) is 1.11. The van der Waals surface area contributed by atoms with Gasteiger partial charge in [-0.05, 0) is 24.3 Å². The third-order valence-corrected chi connectivity index (χ3v) is 7.41. The molecule has 27 heavy (non-hydrogen) atoms. The van der Waals surface area contributed by atoms with E-state index in [1.165, 1.54) is 28.0 Å². The minimum Gasteiger partial charge on any atom is -0.360 e. The maximum Gasteiger partial charge on any atom is 0.0714 e. The molecule has 0 radical (unpaired) electrons. The van der Waals surface area contributed by atoms with Crippen LogP contribution in [0, 0.1) is 4.51 Å². The van der Waals surface area contributed by atoms with Crippen LogP contribution in [0.15, 0.2) is 75.6 Å². The number of hydrogen-bond donors (Lipinski definition) is 1. The van der Waals surface area contributed by atoms with E-state index >= 15 is 0 Å². The first-order chi connectivity index (χ1) is 13.3. The summed E-state index contributed by atoms with van der Waals surface area (Å²) in [4.78, 5) is 11.6. The summed E-state index contributed by atoms with van der Waals surface area (Å²) >= 11 is 9.44. The second kappa shape index (κ2) is 8.46. The number of para-hydroxylation sites is 2. The highest BCUT2D eigenvalue weighted by atomic mass is 32.2. The van der Waals surface area contributed by atoms with Gasteiger partial charge in [-0.2, -0.15) is 0 Å². The monoisotopic (exact) mass is 408 g/mol. The lowest BCUT2D eigenvalue weighted by Gasteiger charge is -2.12. The van der Waals surface area contributed by atoms with E-state index in [4.69, 9.17) is 12.2 Å². The van der Waals surface area contributed by atoms with Crippen LogP contribution in [0.4, 0.5) is 0 Å². The molecule has 0 amide bonds. The summed E-state index contributed by atoms with van der Waals surface area (Å²) < 4.78 is 0.903. The Morgan fingerprint density at radius 1 is 1.00 bits per heavy atom. The average molecular weight is 409 g/mol. The summed E-state index contributed by atoms with van der Waals surface area (Å²) in [7, 11) is 0. The number of nitrogens with zero attached hydrogens (tertiary/aromatic N) is 1. The van der Waals surface area contributed by atoms with Crippen LogP contribution in [-0.4, -0.2) is 15.7 Å². The molecule has 0 aliphatic heterocycles. The summed E-state index contributed by atoms with van der Waals surface area (Å²) in [6, 6.07) is 16.6. The predicted molar refractivity (Wildman–Crippen MR) is 121 cm³/mol. The maximum atomic E-state index is 5.80. The van der Waals surface area contributed by atoms with Gasteiger partial charge in [0, 0.05) is 43.4 Å². The number of hydrogen-bond acceptors (Lipinski definition) is 4. The highest BCUT2D eigenvalue weighted by Gasteiger charge is 2.13. The Morgan fingerprint density at radius 2 is 1.78 bits per heavy atom. The largest absolute Gasteiger partial charge is 0.360 e. The molecule has 0 saturated heterocycles. The number of rotatable bonds is 6. The summed E-state index contributed by atoms with van der Waals surface area (Å²) in [5.41, 5.74) is 2.10. The number of aromatic nitrogens is 2. The van der Waals surface area contributed by atoms with Crippen LogP contribution in [0.25, 0.3) is 21.8 Å². The highest BCUT2D eigenvalue weighted by Crippen LogP contribution is 2.41. The smallest absolute Gasteiger partial charge is 0.0714 e. The molecule has 2 nitrogen and oxygen atoms in total. The van der Waals surface area contributed by atoms with Gasteiger partial charge in [0.05, 0.1) is 10.0 Å². The molecule has 0 unspecified atom stereocenters. The Morgan fingerprint density at radius 3 is 2.63 bits per heavy atom. The molecule has 0 aliphatic rings. The molecule has 0 bridgehead atoms. The number of unbranched alkanes of at least 4 members (excludes halogenated alkanes) is 1. The van der Waals surface area contributed by atoms with Crippen molar-refractivity contribution < 1.29 is 0 Å². The third-order valence-electron chi connectivity index (χ3n) is 4.42. The Bertz CT molecular complexity index is 1150. The summed E-state index contributed by atoms with van der Waals surface area (Å²) in [6.45, 7) is 2.23. The Kier molecular flexibility index (Phi) is 5.81. The molecular formula is C22H20N2S3. The second-order valence-corrected chi connectivity index (χ2v) is 8.90. The van der Waals surface area contributed by atoms with Gasteiger partial charge in [0.1, 0.15) is 0 Å². The number of benzene rings is 2. The number of fused-ring (bicyclic) bond motifs is 2. The molecule has 2 aromatic heterocycles. The molecule has 2 heterocycles. The van der Waals surface area contributed by atoms with Gasteiger partial charge in [0.2, 0.25) is 0 Å². The van der Waals surface area contributed by atoms with Crippen molar-refractivity contribution in [2.75, 3.05) is 5.75 Å². The van der Waals surface area contributed by atoms with E-state index in [0.717, 1.165) is 31.6 Å². The van der Waals surface area contributed by atoms with Crippen LogP contribution in [0.3, 0.4) is 0 Å². The van der Waals surface area contributed by atoms with Crippen molar-refractivity contribution in [2.24, 2.45) is 0 Å². The molecular weight excluding hydrogens is 388 g/mol. The summed E-state index contributed by atoms with van der Waals surface area (Å²) in [5, 5.41) is 2.28. The molecule has 0 fully saturated rings. The molecule has 0 saturated carbocycles. The van der Waals surface area contributed by atoms with E-state index < -0.39 is 0 Å². The average Bonchev–Trinajstić information content (AvgIpc) is 2.71. The topological polar surface area (TPSA) is 28.7 Å². The van der Waals surface area contributed by atoms with Gasteiger partial charge in [0.15, 0.2) is 0 Å². The molecule has 136 valence electrons. The predicted octanol–water partition coefficient (Wildman–Crippen LogP) is 7.49. The number of H-pyrrole nitrogens is 1. The first-order valence-corrected chi connectivity index (χ1v) is 11.3. The van der Waals surface area contributed by atoms with Crippen LogP contribution in [0.2, 0.25) is 0 Å². The molecule has 2 aromatic carbocycles. The number of thioether (sulfide) groups is 1. The summed E-state index contributed by atoms with van der Waals surface area (Å²) in [6.07, 6.45) is 6.45. The van der Waals surface area contributed by atoms with Crippen molar-refractivity contribution in [3.63, 3.8) is 0 Å². The molecule has 4 rings (SSSR count). The van der Waals surface area contributed by atoms with Crippen molar-refractivity contribution in [2.45, 2.75) is 34.5 Å². The second-order valence-electron chi connectivity index (χ2n) is 6.30. The van der Waals surface area contributed by atoms with Gasteiger partial charge in [-0.15, -0.1) is 11.8 Å². The van der Waals surface area contributed by atoms with E-state index in [-0.39, 0.29) is 0 Å². The SMILES string of the molecule is CCCCSc1cnc2ccccc2c1Sc1c[nH]c2ccccc2c1=S. The lowest BCUT2D eigenvalue weighted by atomic mass is 10.2. The van der Waals surface area contributed by atoms with Crippen molar-refractivity contribution in [3.8, 4) is 0 Å². The van der Waals surface area contributed by atoms with Crippen LogP contribution in [0.5, 0.6) is 0 Å². The van der Waals surface area contributed by atoms with Gasteiger partial charge in [-0.3, -0.25) is 4.98 Å². The van der Waals surface area contributed by atoms with Crippen molar-refractivity contribution in [1.29, 1.82) is 0 Å². The maximum absolute atomic E-state index is 5.80. The molecule has 0 atom stereocenters. The quantitative estimate of drug-likeness (QED) is 0.203. The van der Waals surface area contributed by atoms with Crippen molar-refractivity contribution >= 4 is 57.5 Å². The fourth-order valence-corrected chi connectivity index (χ4v) is 5.63. The van der Waals surface area contributed by atoms with E-state index in [1.54, 1.807) is 11.8 Å². The Hall–Kier alpha value is -1.82. The highest BCUT2D eigenvalue weighted by molar-refractivity contribution is 8.02. The van der Waals surface area contributed by atoms with E-state index in [1.807, 2.05) is 42.4 Å². The third kappa shape index (κ3) is 3.91. The van der Waals surface area contributed by atoms with Gasteiger partial charge in [-0.25, -0.2) is 0 Å². The number of nitrogens with one attached hydrogen (secondary N) is 1. The molecule has 0 aliphatic carbocycles. The minimum absolute atomic E-state index is 0.903. The fraction of sp³-hybridized carbons (Fsp3) is 0.182. The lowest BCUT2D eigenvalue weighted by molar-refractivity contribution is 0.895. The van der Waals surface area contributed by atoms with E-state index in [2.05, 4.69) is 47.2 Å². The van der Waals surface area contributed by atoms with Gasteiger partial charge in [-0.1, -0.05) is 73.7 Å². The lowest BCUT2D eigenvalue weighted by Crippen LogP contribution is -1.90. The van der Waals surface area contributed by atoms with Crippen molar-refractivity contribution in [1.82, 2.24) is 9.97 Å². The molecule has 0 spiro atoms. The fourth-order valence-electron chi connectivity index (χ4n) is 2.97. The standard InChI is InChI=1S/C22H20N2S3/c1-2-3-12-26-20-14-24-18-11-7-5-9-16(18)22(20)27-19-13-23-17-10-6-4-8-15(17)21(19)25/h4-11,13-14H,2-3,12H2,1H3,(H,23,25). The zero-order valence-corrected chi connectivity index (χ0v) is 17.5. The van der Waals surface area contributed by atoms with E-state index in [9.17, 15) is 0 Å². The van der Waals surface area contributed by atoms with Gasteiger partial charge < -0.3 is 4.98 Å². The Labute approximate surface area is 172 Å². The molecule has 1 N–H and O–H groups in total. The number of pyridine rings is 2. The Balaban J connectivity index is 1.81. The molecule has 5 heteroatoms. The van der Waals surface area contributed by atoms with Crippen LogP contribution < -0.4 is 0 Å². The van der Waals surface area contributed by atoms with Gasteiger partial charge >= 0.3 is 0 Å². The van der Waals surface area contributed by atoms with Crippen LogP contribution >= 0.6 is 35.7 Å². The zero-order chi connectivity index (χ0) is 18.6. The zero-order valence-electron chi connectivity index (χ0n) is 15.1. The van der Waals surface area contributed by atoms with Gasteiger partial charge in [0.25, 0.3) is 0 Å². The normalized spacial score (nSPS) is 11.3. The van der Waals surface area contributed by atoms with Crippen LogP contribution in [-0.2, 0) is 0 Å². The minimum atomic E-state index is 0.903.